The standard InChI is InChI=1S/C10H5Cl2F2NO2/c11-5-1-4-2-7(10(13,14)9(15)16)17-8(4)6(12)3-5/h1-3H,(H2,15,16). The topological polar surface area (TPSA) is 56.2 Å². The normalized spacial score (nSPS) is 12.0. The van der Waals surface area contributed by atoms with E-state index in [1.165, 1.54) is 12.1 Å². The van der Waals surface area contributed by atoms with Crippen molar-refractivity contribution in [1.29, 1.82) is 0 Å². The van der Waals surface area contributed by atoms with E-state index in [2.05, 4.69) is 5.73 Å². The number of primary amides is 1. The Labute approximate surface area is 104 Å². The van der Waals surface area contributed by atoms with E-state index in [9.17, 15) is 13.6 Å². The summed E-state index contributed by atoms with van der Waals surface area (Å²) < 4.78 is 31.4. The van der Waals surface area contributed by atoms with Gasteiger partial charge in [-0.3, -0.25) is 4.79 Å². The van der Waals surface area contributed by atoms with Crippen molar-refractivity contribution in [2.75, 3.05) is 0 Å². The molecule has 1 amide bonds. The summed E-state index contributed by atoms with van der Waals surface area (Å²) in [6.45, 7) is 0. The van der Waals surface area contributed by atoms with Crippen molar-refractivity contribution in [2.45, 2.75) is 5.92 Å². The van der Waals surface area contributed by atoms with Crippen molar-refractivity contribution in [3.63, 3.8) is 0 Å². The van der Waals surface area contributed by atoms with E-state index in [1.54, 1.807) is 0 Å². The number of alkyl halides is 2. The molecule has 0 radical (unpaired) electrons. The van der Waals surface area contributed by atoms with Gasteiger partial charge in [0.05, 0.1) is 5.02 Å². The number of furan rings is 1. The largest absolute Gasteiger partial charge is 0.453 e. The molecule has 1 heterocycles. The van der Waals surface area contributed by atoms with Crippen LogP contribution in [0.25, 0.3) is 11.0 Å². The fourth-order valence-corrected chi connectivity index (χ4v) is 1.90. The molecule has 0 saturated heterocycles. The fraction of sp³-hybridized carbons (Fsp3) is 0.100. The summed E-state index contributed by atoms with van der Waals surface area (Å²) in [5, 5.41) is 0.634. The molecule has 0 aliphatic heterocycles. The van der Waals surface area contributed by atoms with Gasteiger partial charge in [-0.25, -0.2) is 0 Å². The Morgan fingerprint density at radius 3 is 2.53 bits per heavy atom. The Hall–Kier alpha value is -1.33. The van der Waals surface area contributed by atoms with Gasteiger partial charge in [0, 0.05) is 10.4 Å². The molecule has 3 nitrogen and oxygen atoms in total. The smallest absolute Gasteiger partial charge is 0.380 e. The van der Waals surface area contributed by atoms with Gasteiger partial charge in [-0.15, -0.1) is 0 Å². The Kier molecular flexibility index (Phi) is 2.75. The van der Waals surface area contributed by atoms with Gasteiger partial charge in [0.15, 0.2) is 11.3 Å². The van der Waals surface area contributed by atoms with Gasteiger partial charge < -0.3 is 10.2 Å². The predicted octanol–water partition coefficient (Wildman–Crippen LogP) is 3.32. The van der Waals surface area contributed by atoms with Crippen molar-refractivity contribution in [1.82, 2.24) is 0 Å². The zero-order valence-electron chi connectivity index (χ0n) is 8.14. The zero-order valence-corrected chi connectivity index (χ0v) is 9.65. The molecule has 1 aromatic carbocycles. The minimum atomic E-state index is -3.88. The monoisotopic (exact) mass is 279 g/mol. The molecule has 1 aromatic heterocycles. The Morgan fingerprint density at radius 2 is 1.94 bits per heavy atom. The average molecular weight is 280 g/mol. The third kappa shape index (κ3) is 1.96. The summed E-state index contributed by atoms with van der Waals surface area (Å²) in [7, 11) is 0. The van der Waals surface area contributed by atoms with E-state index in [-0.39, 0.29) is 21.0 Å². The summed E-state index contributed by atoms with van der Waals surface area (Å²) >= 11 is 11.5. The van der Waals surface area contributed by atoms with Gasteiger partial charge in [-0.05, 0) is 18.2 Å². The highest BCUT2D eigenvalue weighted by molar-refractivity contribution is 6.38. The molecular weight excluding hydrogens is 275 g/mol. The zero-order chi connectivity index (χ0) is 12.8. The molecule has 17 heavy (non-hydrogen) atoms. The molecule has 0 bridgehead atoms. The Balaban J connectivity index is 2.67. The van der Waals surface area contributed by atoms with Crippen LogP contribution in [0.5, 0.6) is 0 Å². The second kappa shape index (κ2) is 3.85. The molecule has 0 fully saturated rings. The molecule has 0 aliphatic carbocycles. The number of carbonyl (C=O) groups excluding carboxylic acids is 1. The highest BCUT2D eigenvalue weighted by Crippen LogP contribution is 2.36. The molecule has 0 spiro atoms. The minimum absolute atomic E-state index is 0.0343. The SMILES string of the molecule is NC(=O)C(F)(F)c1cc2cc(Cl)cc(Cl)c2o1. The van der Waals surface area contributed by atoms with Gasteiger partial charge >= 0.3 is 5.92 Å². The third-order valence-corrected chi connectivity index (χ3v) is 2.65. The first-order chi connectivity index (χ1) is 7.82. The van der Waals surface area contributed by atoms with Crippen LogP contribution in [-0.2, 0) is 10.7 Å². The number of fused-ring (bicyclic) bond motifs is 1. The maximum absolute atomic E-state index is 13.3. The van der Waals surface area contributed by atoms with Crippen LogP contribution in [0, 0.1) is 0 Å². The first kappa shape index (κ1) is 12.1. The molecule has 0 unspecified atom stereocenters. The van der Waals surface area contributed by atoms with E-state index in [1.807, 2.05) is 0 Å². The van der Waals surface area contributed by atoms with E-state index < -0.39 is 17.6 Å². The van der Waals surface area contributed by atoms with E-state index in [0.29, 0.717) is 0 Å². The molecule has 2 rings (SSSR count). The maximum Gasteiger partial charge on any atom is 0.380 e. The summed E-state index contributed by atoms with van der Waals surface area (Å²) in [6.07, 6.45) is 0. The van der Waals surface area contributed by atoms with Gasteiger partial charge in [-0.1, -0.05) is 23.2 Å². The number of hydrogen-bond donors (Lipinski definition) is 1. The number of hydrogen-bond acceptors (Lipinski definition) is 2. The molecule has 0 saturated carbocycles. The number of rotatable bonds is 2. The van der Waals surface area contributed by atoms with Crippen molar-refractivity contribution in [3.8, 4) is 0 Å². The quantitative estimate of drug-likeness (QED) is 0.917. The Morgan fingerprint density at radius 1 is 1.29 bits per heavy atom. The van der Waals surface area contributed by atoms with Crippen LogP contribution in [0.4, 0.5) is 8.78 Å². The lowest BCUT2D eigenvalue weighted by Crippen LogP contribution is -2.32. The number of carbonyl (C=O) groups is 1. The van der Waals surface area contributed by atoms with E-state index in [4.69, 9.17) is 27.6 Å². The third-order valence-electron chi connectivity index (χ3n) is 2.15. The predicted molar refractivity (Wildman–Crippen MR) is 59.3 cm³/mol. The van der Waals surface area contributed by atoms with Crippen LogP contribution < -0.4 is 5.73 Å². The summed E-state index contributed by atoms with van der Waals surface area (Å²) in [4.78, 5) is 10.6. The van der Waals surface area contributed by atoms with Crippen LogP contribution in [0.1, 0.15) is 5.76 Å². The molecular formula is C10H5Cl2F2NO2. The van der Waals surface area contributed by atoms with Crippen LogP contribution in [0.2, 0.25) is 10.0 Å². The number of nitrogens with two attached hydrogens (primary N) is 1. The summed E-state index contributed by atoms with van der Waals surface area (Å²) in [5.41, 5.74) is 4.62. The van der Waals surface area contributed by atoms with Crippen molar-refractivity contribution in [3.05, 3.63) is 34.0 Å². The molecule has 2 N–H and O–H groups in total. The van der Waals surface area contributed by atoms with E-state index in [0.717, 1.165) is 6.07 Å². The number of benzene rings is 1. The summed E-state index contributed by atoms with van der Waals surface area (Å²) in [6, 6.07) is 3.73. The Bertz CT molecular complexity index is 610. The second-order valence-corrected chi connectivity index (χ2v) is 4.20. The van der Waals surface area contributed by atoms with Crippen LogP contribution in [0.3, 0.4) is 0 Å². The molecule has 0 aliphatic rings. The minimum Gasteiger partial charge on any atom is -0.453 e. The van der Waals surface area contributed by atoms with E-state index >= 15 is 0 Å². The van der Waals surface area contributed by atoms with Gasteiger partial charge in [-0.2, -0.15) is 8.78 Å². The van der Waals surface area contributed by atoms with Gasteiger partial charge in [0.2, 0.25) is 0 Å². The lowest BCUT2D eigenvalue weighted by molar-refractivity contribution is -0.145. The maximum atomic E-state index is 13.3. The second-order valence-electron chi connectivity index (χ2n) is 3.36. The molecule has 90 valence electrons. The van der Waals surface area contributed by atoms with Crippen molar-refractivity contribution >= 4 is 40.1 Å². The van der Waals surface area contributed by atoms with Crippen LogP contribution >= 0.6 is 23.2 Å². The molecule has 2 aromatic rings. The lowest BCUT2D eigenvalue weighted by atomic mass is 10.2. The molecule has 0 atom stereocenters. The highest BCUT2D eigenvalue weighted by Gasteiger charge is 2.42. The van der Waals surface area contributed by atoms with Crippen molar-refractivity contribution < 1.29 is 18.0 Å². The van der Waals surface area contributed by atoms with Crippen LogP contribution in [0.15, 0.2) is 22.6 Å². The fourth-order valence-electron chi connectivity index (χ4n) is 1.35. The summed E-state index contributed by atoms with van der Waals surface area (Å²) in [5.74, 6) is -6.53. The first-order valence-corrected chi connectivity index (χ1v) is 5.14. The van der Waals surface area contributed by atoms with Gasteiger partial charge in [0.1, 0.15) is 0 Å². The number of amides is 1. The first-order valence-electron chi connectivity index (χ1n) is 4.39. The van der Waals surface area contributed by atoms with Crippen LogP contribution in [-0.4, -0.2) is 5.91 Å². The molecule has 7 heteroatoms. The lowest BCUT2D eigenvalue weighted by Gasteiger charge is -2.07. The highest BCUT2D eigenvalue weighted by atomic mass is 35.5. The average Bonchev–Trinajstić information content (AvgIpc) is 2.61. The number of halogens is 4. The van der Waals surface area contributed by atoms with Gasteiger partial charge in [0.25, 0.3) is 5.91 Å². The van der Waals surface area contributed by atoms with Crippen molar-refractivity contribution in [2.24, 2.45) is 5.73 Å².